The quantitative estimate of drug-likeness (QED) is 0.171. The predicted octanol–water partition coefficient (Wildman–Crippen LogP) is 15.8. The summed E-state index contributed by atoms with van der Waals surface area (Å²) in [5.74, 6) is 0. The maximum absolute atomic E-state index is 2.43. The molecule has 1 heterocycles. The normalized spacial score (nSPS) is 11.9. The summed E-state index contributed by atoms with van der Waals surface area (Å²) in [5.41, 5.74) is 21.3. The highest BCUT2D eigenvalue weighted by molar-refractivity contribution is 7.25. The summed E-state index contributed by atoms with van der Waals surface area (Å²) in [6.07, 6.45) is 0. The van der Waals surface area contributed by atoms with Crippen molar-refractivity contribution in [3.63, 3.8) is 0 Å². The highest BCUT2D eigenvalue weighted by Crippen LogP contribution is 2.57. The average molecular weight is 728 g/mol. The van der Waals surface area contributed by atoms with Crippen LogP contribution in [0.3, 0.4) is 0 Å². The Morgan fingerprint density at radius 1 is 0.268 bits per heavy atom. The van der Waals surface area contributed by atoms with E-state index in [0.717, 1.165) is 17.1 Å². The molecule has 6 bridgehead atoms. The van der Waals surface area contributed by atoms with Crippen molar-refractivity contribution in [2.75, 3.05) is 4.90 Å². The van der Waals surface area contributed by atoms with Gasteiger partial charge in [0.2, 0.25) is 0 Å². The molecule has 2 aliphatic rings. The van der Waals surface area contributed by atoms with Crippen LogP contribution in [0.1, 0.15) is 0 Å². The van der Waals surface area contributed by atoms with Crippen molar-refractivity contribution in [2.24, 2.45) is 0 Å². The van der Waals surface area contributed by atoms with Gasteiger partial charge in [-0.2, -0.15) is 0 Å². The van der Waals surface area contributed by atoms with Crippen LogP contribution in [-0.4, -0.2) is 0 Å². The topological polar surface area (TPSA) is 3.24 Å². The van der Waals surface area contributed by atoms with Gasteiger partial charge in [-0.25, -0.2) is 0 Å². The molecule has 1 aromatic heterocycles. The fourth-order valence-corrected chi connectivity index (χ4v) is 10.3. The highest BCUT2D eigenvalue weighted by atomic mass is 32.1. The molecule has 0 aliphatic heterocycles. The second-order valence-electron chi connectivity index (χ2n) is 14.8. The molecule has 12 rings (SSSR count). The van der Waals surface area contributed by atoms with Gasteiger partial charge in [0.1, 0.15) is 0 Å². The molecule has 260 valence electrons. The molecule has 0 N–H and O–H groups in total. The van der Waals surface area contributed by atoms with Crippen LogP contribution in [0.5, 0.6) is 0 Å². The maximum Gasteiger partial charge on any atom is 0.0468 e. The number of anilines is 3. The smallest absolute Gasteiger partial charge is 0.0468 e. The SMILES string of the molecule is c1ccc(-c2ccc(N(c3ccc(-c4ccc5c(c4)-c4c6cccc4-c4cccc-5c4-c4ccccc4-6)cc3)c3ccc4sc5ccccc5c4c3)cc2)cc1. The van der Waals surface area contributed by atoms with Gasteiger partial charge in [-0.3, -0.25) is 0 Å². The molecule has 1 nitrogen and oxygen atoms in total. The summed E-state index contributed by atoms with van der Waals surface area (Å²) < 4.78 is 2.62. The zero-order valence-corrected chi connectivity index (χ0v) is 31.2. The van der Waals surface area contributed by atoms with Gasteiger partial charge in [-0.05, 0) is 132 Å². The molecule has 0 saturated heterocycles. The summed E-state index contributed by atoms with van der Waals surface area (Å²) in [5, 5.41) is 2.60. The van der Waals surface area contributed by atoms with Gasteiger partial charge < -0.3 is 4.90 Å². The standard InChI is InChI=1S/C54H33NS/c1-2-10-34(11-3-1)35-20-25-38(26-21-35)55(40-29-31-52-49(33-40)43-13-6-7-19-51(43)56-52)39-27-22-36(23-28-39)37-24-30-42-46-16-9-17-47-48-18-8-15-45(54(48)50(42)32-37)41-12-4-5-14-44(41)53(46)47/h1-33H. The van der Waals surface area contributed by atoms with Crippen molar-refractivity contribution >= 4 is 48.6 Å². The summed E-state index contributed by atoms with van der Waals surface area (Å²) >= 11 is 1.86. The first-order valence-electron chi connectivity index (χ1n) is 19.3. The number of hydrogen-bond acceptors (Lipinski definition) is 2. The van der Waals surface area contributed by atoms with Crippen molar-refractivity contribution in [1.29, 1.82) is 0 Å². The zero-order valence-electron chi connectivity index (χ0n) is 30.4. The first-order chi connectivity index (χ1) is 27.8. The summed E-state index contributed by atoms with van der Waals surface area (Å²) in [7, 11) is 0. The van der Waals surface area contributed by atoms with Crippen LogP contribution in [0.4, 0.5) is 17.1 Å². The lowest BCUT2D eigenvalue weighted by Gasteiger charge is -2.26. The largest absolute Gasteiger partial charge is 0.310 e. The molecule has 0 unspecified atom stereocenters. The Balaban J connectivity index is 0.984. The van der Waals surface area contributed by atoms with E-state index >= 15 is 0 Å². The number of thiophene rings is 1. The van der Waals surface area contributed by atoms with E-state index in [1.54, 1.807) is 0 Å². The second kappa shape index (κ2) is 12.3. The molecular weight excluding hydrogens is 695 g/mol. The van der Waals surface area contributed by atoms with E-state index in [2.05, 4.69) is 205 Å². The third kappa shape index (κ3) is 4.73. The molecule has 0 atom stereocenters. The molecule has 0 saturated carbocycles. The van der Waals surface area contributed by atoms with Crippen LogP contribution >= 0.6 is 11.3 Å². The van der Waals surface area contributed by atoms with E-state index in [9.17, 15) is 0 Å². The predicted molar refractivity (Wildman–Crippen MR) is 239 cm³/mol. The van der Waals surface area contributed by atoms with E-state index in [0.29, 0.717) is 0 Å². The summed E-state index contributed by atoms with van der Waals surface area (Å²) in [6, 6.07) is 74.0. The van der Waals surface area contributed by atoms with E-state index in [1.807, 2.05) is 11.3 Å². The van der Waals surface area contributed by atoms with Crippen LogP contribution in [0.15, 0.2) is 200 Å². The van der Waals surface area contributed by atoms with E-state index in [1.165, 1.54) is 98.1 Å². The van der Waals surface area contributed by atoms with Crippen LogP contribution in [0, 0.1) is 0 Å². The van der Waals surface area contributed by atoms with Gasteiger partial charge >= 0.3 is 0 Å². The molecule has 56 heavy (non-hydrogen) atoms. The Hall–Kier alpha value is -7.00. The number of hydrogen-bond donors (Lipinski definition) is 0. The van der Waals surface area contributed by atoms with Crippen molar-refractivity contribution in [2.45, 2.75) is 0 Å². The van der Waals surface area contributed by atoms with E-state index < -0.39 is 0 Å². The zero-order chi connectivity index (χ0) is 36.7. The third-order valence-corrected chi connectivity index (χ3v) is 12.9. The third-order valence-electron chi connectivity index (χ3n) is 11.8. The average Bonchev–Trinajstić information content (AvgIpc) is 3.59. The molecule has 0 fully saturated rings. The number of fused-ring (bicyclic) bond motifs is 7. The fraction of sp³-hybridized carbons (Fsp3) is 0. The molecule has 2 heteroatoms. The lowest BCUT2D eigenvalue weighted by atomic mass is 9.83. The Bertz CT molecular complexity index is 3150. The molecule has 0 spiro atoms. The molecule has 2 aliphatic carbocycles. The summed E-state index contributed by atoms with van der Waals surface area (Å²) in [6.45, 7) is 0. The van der Waals surface area contributed by atoms with Crippen LogP contribution in [0.25, 0.3) is 98.1 Å². The fourth-order valence-electron chi connectivity index (χ4n) is 9.22. The lowest BCUT2D eigenvalue weighted by molar-refractivity contribution is 1.29. The van der Waals surface area contributed by atoms with Crippen LogP contribution in [-0.2, 0) is 0 Å². The van der Waals surface area contributed by atoms with Gasteiger partial charge in [0, 0.05) is 37.2 Å². The Labute approximate surface area is 330 Å². The minimum Gasteiger partial charge on any atom is -0.310 e. The summed E-state index contributed by atoms with van der Waals surface area (Å²) in [4.78, 5) is 2.39. The minimum absolute atomic E-state index is 1.12. The van der Waals surface area contributed by atoms with Gasteiger partial charge in [-0.15, -0.1) is 11.3 Å². The first-order valence-corrected chi connectivity index (χ1v) is 20.1. The monoisotopic (exact) mass is 727 g/mol. The van der Waals surface area contributed by atoms with Gasteiger partial charge in [-0.1, -0.05) is 146 Å². The van der Waals surface area contributed by atoms with Crippen LogP contribution < -0.4 is 4.90 Å². The Morgan fingerprint density at radius 2 is 0.750 bits per heavy atom. The van der Waals surface area contributed by atoms with Crippen molar-refractivity contribution < 1.29 is 0 Å². The Kier molecular flexibility index (Phi) is 6.87. The Morgan fingerprint density at radius 3 is 1.46 bits per heavy atom. The number of benzene rings is 9. The van der Waals surface area contributed by atoms with Crippen molar-refractivity contribution in [3.05, 3.63) is 200 Å². The van der Waals surface area contributed by atoms with Crippen molar-refractivity contribution in [3.8, 4) is 77.9 Å². The first kappa shape index (κ1) is 31.4. The van der Waals surface area contributed by atoms with Crippen molar-refractivity contribution in [1.82, 2.24) is 0 Å². The van der Waals surface area contributed by atoms with Gasteiger partial charge in [0.05, 0.1) is 0 Å². The van der Waals surface area contributed by atoms with E-state index in [-0.39, 0.29) is 0 Å². The van der Waals surface area contributed by atoms with Crippen LogP contribution in [0.2, 0.25) is 0 Å². The second-order valence-corrected chi connectivity index (χ2v) is 15.9. The molecule has 0 radical (unpaired) electrons. The minimum atomic E-state index is 1.12. The number of nitrogens with zero attached hydrogens (tertiary/aromatic N) is 1. The highest BCUT2D eigenvalue weighted by Gasteiger charge is 2.30. The molecule has 10 aromatic rings. The molecule has 0 amide bonds. The maximum atomic E-state index is 2.43. The molecule has 9 aromatic carbocycles. The molecular formula is C54H33NS. The van der Waals surface area contributed by atoms with E-state index in [4.69, 9.17) is 0 Å². The van der Waals surface area contributed by atoms with Gasteiger partial charge in [0.15, 0.2) is 0 Å². The van der Waals surface area contributed by atoms with Gasteiger partial charge in [0.25, 0.3) is 0 Å². The lowest BCUT2D eigenvalue weighted by Crippen LogP contribution is -2.09. The number of rotatable bonds is 5.